The van der Waals surface area contributed by atoms with Crippen LogP contribution >= 0.6 is 15.9 Å². The first kappa shape index (κ1) is 23.1. The molecule has 1 atom stereocenters. The lowest BCUT2D eigenvalue weighted by molar-refractivity contribution is -0.190. The maximum absolute atomic E-state index is 13.2. The molecule has 0 heterocycles. The number of hydrogen-bond acceptors (Lipinski definition) is 5. The average molecular weight is 450 g/mol. The van der Waals surface area contributed by atoms with E-state index in [-0.39, 0.29) is 10.8 Å². The van der Waals surface area contributed by atoms with Crippen LogP contribution in [0.15, 0.2) is 33.6 Å². The van der Waals surface area contributed by atoms with Gasteiger partial charge in [-0.2, -0.15) is 0 Å². The Morgan fingerprint density at radius 1 is 1.08 bits per heavy atom. The van der Waals surface area contributed by atoms with Gasteiger partial charge in [0.15, 0.2) is 6.04 Å². The van der Waals surface area contributed by atoms with Crippen molar-refractivity contribution in [3.05, 3.63) is 28.7 Å². The smallest absolute Gasteiger partial charge is 0.327 e. The predicted molar refractivity (Wildman–Crippen MR) is 104 cm³/mol. The summed E-state index contributed by atoms with van der Waals surface area (Å²) in [6.07, 6.45) is -0.441. The van der Waals surface area contributed by atoms with Crippen LogP contribution in [0, 0.1) is 5.92 Å². The number of nitrogens with zero attached hydrogens (tertiary/aromatic N) is 1. The van der Waals surface area contributed by atoms with Gasteiger partial charge in [-0.25, -0.2) is 8.42 Å². The van der Waals surface area contributed by atoms with Crippen molar-refractivity contribution in [1.29, 1.82) is 0 Å². The summed E-state index contributed by atoms with van der Waals surface area (Å²) in [4.78, 5) is 18.4. The largest absolute Gasteiger partial charge is 0.459 e. The second kappa shape index (κ2) is 8.82. The Labute approximate surface area is 165 Å². The fraction of sp³-hybridized carbons (Fsp3) is 0.611. The van der Waals surface area contributed by atoms with Gasteiger partial charge in [0.25, 0.3) is 10.0 Å². The SMILES string of the molecule is CC(C)ON([C@@H](C(=O)OC(C)(C)C)C(C)C)S(=O)(=O)c1ccc(Br)cc1. The van der Waals surface area contributed by atoms with Crippen LogP contribution in [0.5, 0.6) is 0 Å². The molecule has 0 spiro atoms. The molecule has 0 unspecified atom stereocenters. The standard InChI is InChI=1S/C18H28BrNO5S/c1-12(2)16(17(21)24-18(5,6)7)20(25-13(3)4)26(22,23)15-10-8-14(19)9-11-15/h8-13,16H,1-7H3/t16-/m1/s1. The summed E-state index contributed by atoms with van der Waals surface area (Å²) in [5.74, 6) is -0.998. The van der Waals surface area contributed by atoms with Gasteiger partial charge in [0.2, 0.25) is 0 Å². The van der Waals surface area contributed by atoms with Crippen molar-refractivity contribution in [2.75, 3.05) is 0 Å². The monoisotopic (exact) mass is 449 g/mol. The number of hydroxylamine groups is 1. The first-order valence-electron chi connectivity index (χ1n) is 8.45. The van der Waals surface area contributed by atoms with E-state index in [0.29, 0.717) is 0 Å². The second-order valence-corrected chi connectivity index (χ2v) is 10.3. The van der Waals surface area contributed by atoms with E-state index in [0.717, 1.165) is 8.94 Å². The molecule has 1 aromatic rings. The van der Waals surface area contributed by atoms with Gasteiger partial charge in [-0.05, 0) is 64.8 Å². The van der Waals surface area contributed by atoms with Gasteiger partial charge in [-0.15, -0.1) is 0 Å². The van der Waals surface area contributed by atoms with E-state index in [2.05, 4.69) is 15.9 Å². The Morgan fingerprint density at radius 2 is 1.58 bits per heavy atom. The Bertz CT molecular complexity index is 708. The first-order valence-corrected chi connectivity index (χ1v) is 10.7. The lowest BCUT2D eigenvalue weighted by Gasteiger charge is -2.33. The predicted octanol–water partition coefficient (Wildman–Crippen LogP) is 4.15. The molecule has 0 bridgehead atoms. The van der Waals surface area contributed by atoms with Crippen molar-refractivity contribution in [1.82, 2.24) is 4.47 Å². The lowest BCUT2D eigenvalue weighted by atomic mass is 10.1. The van der Waals surface area contributed by atoms with E-state index in [1.165, 1.54) is 12.1 Å². The molecule has 0 fully saturated rings. The molecule has 0 aliphatic carbocycles. The van der Waals surface area contributed by atoms with Gasteiger partial charge in [-0.3, -0.25) is 9.63 Å². The van der Waals surface area contributed by atoms with Crippen LogP contribution in [0.25, 0.3) is 0 Å². The Hall–Kier alpha value is -0.960. The van der Waals surface area contributed by atoms with Gasteiger partial charge in [0, 0.05) is 4.47 Å². The Balaban J connectivity index is 3.40. The van der Waals surface area contributed by atoms with Crippen molar-refractivity contribution >= 4 is 31.9 Å². The van der Waals surface area contributed by atoms with Crippen molar-refractivity contribution in [3.8, 4) is 0 Å². The number of hydrogen-bond donors (Lipinski definition) is 0. The summed E-state index contributed by atoms with van der Waals surface area (Å²) in [7, 11) is -4.07. The number of carbonyl (C=O) groups excluding carboxylic acids is 1. The van der Waals surface area contributed by atoms with E-state index in [9.17, 15) is 13.2 Å². The fourth-order valence-corrected chi connectivity index (χ4v) is 4.02. The van der Waals surface area contributed by atoms with Crippen LogP contribution in [0.2, 0.25) is 0 Å². The summed E-state index contributed by atoms with van der Waals surface area (Å²) in [5.41, 5.74) is -0.741. The summed E-state index contributed by atoms with van der Waals surface area (Å²) < 4.78 is 33.3. The highest BCUT2D eigenvalue weighted by Crippen LogP contribution is 2.26. The highest BCUT2D eigenvalue weighted by atomic mass is 79.9. The molecule has 0 saturated carbocycles. The molecule has 0 aliphatic rings. The number of esters is 1. The molecule has 0 aliphatic heterocycles. The van der Waals surface area contributed by atoms with Gasteiger partial charge >= 0.3 is 5.97 Å². The van der Waals surface area contributed by atoms with Gasteiger partial charge in [0.05, 0.1) is 11.0 Å². The average Bonchev–Trinajstić information content (AvgIpc) is 2.44. The number of ether oxygens (including phenoxy) is 1. The second-order valence-electron chi connectivity index (χ2n) is 7.59. The summed E-state index contributed by atoms with van der Waals surface area (Å²) in [6, 6.07) is 5.06. The quantitative estimate of drug-likeness (QED) is 0.461. The van der Waals surface area contributed by atoms with Crippen LogP contribution in [0.1, 0.15) is 48.5 Å². The van der Waals surface area contributed by atoms with Crippen molar-refractivity contribution in [2.24, 2.45) is 5.92 Å². The molecule has 1 rings (SSSR count). The maximum atomic E-state index is 13.2. The number of carbonyl (C=O) groups is 1. The molecule has 0 aromatic heterocycles. The zero-order chi connectivity index (χ0) is 20.3. The molecule has 0 saturated heterocycles. The summed E-state index contributed by atoms with van der Waals surface area (Å²) in [5, 5.41) is 0. The first-order chi connectivity index (χ1) is 11.8. The minimum atomic E-state index is -4.07. The number of halogens is 1. The van der Waals surface area contributed by atoms with Crippen LogP contribution in [0.4, 0.5) is 0 Å². The van der Waals surface area contributed by atoms with Gasteiger partial charge in [0.1, 0.15) is 5.60 Å². The number of sulfonamides is 1. The minimum absolute atomic E-state index is 0.0376. The van der Waals surface area contributed by atoms with E-state index in [1.807, 2.05) is 0 Å². The number of rotatable bonds is 7. The molecule has 1 aromatic carbocycles. The van der Waals surface area contributed by atoms with Gasteiger partial charge < -0.3 is 4.74 Å². The normalized spacial score (nSPS) is 14.1. The molecule has 148 valence electrons. The van der Waals surface area contributed by atoms with Gasteiger partial charge in [-0.1, -0.05) is 34.2 Å². The molecule has 0 radical (unpaired) electrons. The topological polar surface area (TPSA) is 72.9 Å². The fourth-order valence-electron chi connectivity index (χ4n) is 2.15. The van der Waals surface area contributed by atoms with E-state index >= 15 is 0 Å². The molecule has 0 N–H and O–H groups in total. The van der Waals surface area contributed by atoms with Crippen LogP contribution in [-0.2, 0) is 24.4 Å². The molecule has 26 heavy (non-hydrogen) atoms. The Kier molecular flexibility index (Phi) is 7.83. The molecular formula is C18H28BrNO5S. The van der Waals surface area contributed by atoms with Crippen LogP contribution in [0.3, 0.4) is 0 Å². The maximum Gasteiger partial charge on any atom is 0.327 e. The lowest BCUT2D eigenvalue weighted by Crippen LogP contribution is -2.50. The van der Waals surface area contributed by atoms with Crippen LogP contribution in [-0.4, -0.2) is 36.6 Å². The summed E-state index contributed by atoms with van der Waals surface area (Å²) in [6.45, 7) is 12.1. The molecule has 8 heteroatoms. The molecule has 6 nitrogen and oxygen atoms in total. The number of benzene rings is 1. The van der Waals surface area contributed by atoms with Crippen LogP contribution < -0.4 is 0 Å². The third-order valence-electron chi connectivity index (χ3n) is 3.17. The third-order valence-corrected chi connectivity index (χ3v) is 5.35. The van der Waals surface area contributed by atoms with E-state index < -0.39 is 33.7 Å². The highest BCUT2D eigenvalue weighted by molar-refractivity contribution is 9.10. The van der Waals surface area contributed by atoms with Crippen molar-refractivity contribution in [3.63, 3.8) is 0 Å². The zero-order valence-electron chi connectivity index (χ0n) is 16.3. The highest BCUT2D eigenvalue weighted by Gasteiger charge is 2.42. The van der Waals surface area contributed by atoms with E-state index in [4.69, 9.17) is 9.57 Å². The minimum Gasteiger partial charge on any atom is -0.459 e. The molecule has 0 amide bonds. The molecular weight excluding hydrogens is 422 g/mol. The van der Waals surface area contributed by atoms with E-state index in [1.54, 1.807) is 60.6 Å². The van der Waals surface area contributed by atoms with Crippen molar-refractivity contribution in [2.45, 2.75) is 71.1 Å². The van der Waals surface area contributed by atoms with Crippen molar-refractivity contribution < 1.29 is 22.8 Å². The third kappa shape index (κ3) is 6.33. The Morgan fingerprint density at radius 3 is 1.96 bits per heavy atom. The summed E-state index contributed by atoms with van der Waals surface area (Å²) >= 11 is 3.28. The zero-order valence-corrected chi connectivity index (χ0v) is 18.7.